The van der Waals surface area contributed by atoms with E-state index in [1.54, 1.807) is 6.07 Å². The summed E-state index contributed by atoms with van der Waals surface area (Å²) in [5, 5.41) is 1.46. The molecule has 2 N–H and O–H groups in total. The van der Waals surface area contributed by atoms with Gasteiger partial charge in [0, 0.05) is 27.6 Å². The van der Waals surface area contributed by atoms with Crippen LogP contribution >= 0.6 is 11.6 Å². The second-order valence-corrected chi connectivity index (χ2v) is 8.43. The molecule has 5 nitrogen and oxygen atoms in total. The molecule has 0 aliphatic heterocycles. The zero-order valence-electron chi connectivity index (χ0n) is 17.2. The standard InChI is InChI=1S/C24H26ClN3O2/c1-2-7-20-21(22(29)15-8-3-4-9-15)17-12-13-19(23(26)30)27-24(17)28(20)14-16-10-5-6-11-18(16)25/h5-6,10-13,15H,2-4,7-9,14H2,1H3,(H2,26,30). The average Bonchev–Trinajstić information content (AvgIpc) is 3.37. The van der Waals surface area contributed by atoms with Crippen molar-refractivity contribution in [2.75, 3.05) is 0 Å². The van der Waals surface area contributed by atoms with Gasteiger partial charge in [0.05, 0.1) is 6.54 Å². The van der Waals surface area contributed by atoms with Crippen LogP contribution in [0.2, 0.25) is 5.02 Å². The molecule has 0 spiro atoms. The Balaban J connectivity index is 1.95. The van der Waals surface area contributed by atoms with Crippen molar-refractivity contribution >= 4 is 34.3 Å². The number of hydrogen-bond donors (Lipinski definition) is 1. The first-order chi connectivity index (χ1) is 14.5. The molecule has 2 aromatic heterocycles. The number of Topliss-reactive ketones (excluding diaryl/α,β-unsaturated/α-hetero) is 1. The molecule has 3 aromatic rings. The second-order valence-electron chi connectivity index (χ2n) is 8.03. The van der Waals surface area contributed by atoms with E-state index in [-0.39, 0.29) is 17.4 Å². The molecule has 0 bridgehead atoms. The van der Waals surface area contributed by atoms with Crippen LogP contribution in [0.5, 0.6) is 0 Å². The van der Waals surface area contributed by atoms with E-state index in [2.05, 4.69) is 16.5 Å². The van der Waals surface area contributed by atoms with E-state index in [0.29, 0.717) is 17.2 Å². The van der Waals surface area contributed by atoms with Crippen molar-refractivity contribution in [1.82, 2.24) is 9.55 Å². The Bertz CT molecular complexity index is 1110. The van der Waals surface area contributed by atoms with E-state index in [4.69, 9.17) is 17.3 Å². The van der Waals surface area contributed by atoms with Gasteiger partial charge in [-0.05, 0) is 43.0 Å². The molecule has 30 heavy (non-hydrogen) atoms. The average molecular weight is 424 g/mol. The number of halogens is 1. The van der Waals surface area contributed by atoms with E-state index in [0.717, 1.165) is 60.7 Å². The van der Waals surface area contributed by atoms with E-state index < -0.39 is 5.91 Å². The molecule has 1 aromatic carbocycles. The van der Waals surface area contributed by atoms with Crippen molar-refractivity contribution < 1.29 is 9.59 Å². The Morgan fingerprint density at radius 3 is 2.57 bits per heavy atom. The molecule has 6 heteroatoms. The highest BCUT2D eigenvalue weighted by Gasteiger charge is 2.30. The highest BCUT2D eigenvalue weighted by Crippen LogP contribution is 2.35. The first kappa shape index (κ1) is 20.6. The van der Waals surface area contributed by atoms with Crippen molar-refractivity contribution in [1.29, 1.82) is 0 Å². The van der Waals surface area contributed by atoms with Crippen molar-refractivity contribution in [3.05, 3.63) is 63.9 Å². The number of carbonyl (C=O) groups is 2. The normalized spacial score (nSPS) is 14.5. The summed E-state index contributed by atoms with van der Waals surface area (Å²) in [4.78, 5) is 29.9. The van der Waals surface area contributed by atoms with Crippen LogP contribution in [0, 0.1) is 5.92 Å². The minimum absolute atomic E-state index is 0.0655. The maximum absolute atomic E-state index is 13.5. The number of nitrogens with zero attached hydrogens (tertiary/aromatic N) is 2. The maximum Gasteiger partial charge on any atom is 0.267 e. The lowest BCUT2D eigenvalue weighted by atomic mass is 9.93. The summed E-state index contributed by atoms with van der Waals surface area (Å²) in [6, 6.07) is 11.1. The molecule has 2 heterocycles. The molecule has 1 aliphatic rings. The number of aromatic nitrogens is 2. The molecule has 1 amide bonds. The lowest BCUT2D eigenvalue weighted by Gasteiger charge is -2.14. The highest BCUT2D eigenvalue weighted by molar-refractivity contribution is 6.31. The number of ketones is 1. The first-order valence-electron chi connectivity index (χ1n) is 10.6. The summed E-state index contributed by atoms with van der Waals surface area (Å²) >= 11 is 6.43. The number of fused-ring (bicyclic) bond motifs is 1. The summed E-state index contributed by atoms with van der Waals surface area (Å²) in [6.07, 6.45) is 5.72. The lowest BCUT2D eigenvalue weighted by molar-refractivity contribution is 0.0922. The van der Waals surface area contributed by atoms with Crippen molar-refractivity contribution in [2.45, 2.75) is 52.0 Å². The molecule has 4 rings (SSSR count). The first-order valence-corrected chi connectivity index (χ1v) is 11.0. The summed E-state index contributed by atoms with van der Waals surface area (Å²) in [6.45, 7) is 2.59. The van der Waals surface area contributed by atoms with Gasteiger partial charge in [0.15, 0.2) is 5.78 Å². The number of hydrogen-bond acceptors (Lipinski definition) is 3. The Kier molecular flexibility index (Phi) is 5.91. The van der Waals surface area contributed by atoms with Gasteiger partial charge in [-0.2, -0.15) is 0 Å². The Labute approximate surface area is 181 Å². The molecule has 1 saturated carbocycles. The molecule has 1 aliphatic carbocycles. The van der Waals surface area contributed by atoms with Crippen LogP contribution in [-0.2, 0) is 13.0 Å². The Hall–Kier alpha value is -2.66. The number of pyridine rings is 1. The van der Waals surface area contributed by atoms with Gasteiger partial charge in [0.1, 0.15) is 11.3 Å². The van der Waals surface area contributed by atoms with E-state index in [1.165, 1.54) is 0 Å². The molecule has 0 radical (unpaired) electrons. The number of benzene rings is 1. The predicted molar refractivity (Wildman–Crippen MR) is 119 cm³/mol. The van der Waals surface area contributed by atoms with Crippen molar-refractivity contribution in [3.63, 3.8) is 0 Å². The predicted octanol–water partition coefficient (Wildman–Crippen LogP) is 5.16. The summed E-state index contributed by atoms with van der Waals surface area (Å²) in [5.74, 6) is -0.314. The number of amides is 1. The maximum atomic E-state index is 13.5. The van der Waals surface area contributed by atoms with Crippen LogP contribution in [0.15, 0.2) is 36.4 Å². The van der Waals surface area contributed by atoms with Gasteiger partial charge in [0.25, 0.3) is 5.91 Å². The topological polar surface area (TPSA) is 78.0 Å². The van der Waals surface area contributed by atoms with Gasteiger partial charge in [-0.15, -0.1) is 0 Å². The quantitative estimate of drug-likeness (QED) is 0.533. The highest BCUT2D eigenvalue weighted by atomic mass is 35.5. The van der Waals surface area contributed by atoms with E-state index in [1.807, 2.05) is 30.3 Å². The van der Waals surface area contributed by atoms with Gasteiger partial charge in [-0.25, -0.2) is 4.98 Å². The Morgan fingerprint density at radius 1 is 1.17 bits per heavy atom. The van der Waals surface area contributed by atoms with Gasteiger partial charge < -0.3 is 10.3 Å². The molecular weight excluding hydrogens is 398 g/mol. The van der Waals surface area contributed by atoms with Gasteiger partial charge in [-0.3, -0.25) is 9.59 Å². The fourth-order valence-electron chi connectivity index (χ4n) is 4.54. The van der Waals surface area contributed by atoms with Crippen LogP contribution in [0.25, 0.3) is 11.0 Å². The SMILES string of the molecule is CCCc1c(C(=O)C2CCCC2)c2ccc(C(N)=O)nc2n1Cc1ccccc1Cl. The molecule has 1 fully saturated rings. The van der Waals surface area contributed by atoms with Crippen molar-refractivity contribution in [2.24, 2.45) is 11.7 Å². The van der Waals surface area contributed by atoms with E-state index >= 15 is 0 Å². The smallest absolute Gasteiger partial charge is 0.267 e. The molecular formula is C24H26ClN3O2. The number of nitrogens with two attached hydrogens (primary N) is 1. The van der Waals surface area contributed by atoms with Crippen LogP contribution in [0.4, 0.5) is 0 Å². The van der Waals surface area contributed by atoms with Crippen LogP contribution in [0.3, 0.4) is 0 Å². The third-order valence-electron chi connectivity index (χ3n) is 6.01. The molecule has 0 saturated heterocycles. The minimum atomic E-state index is -0.580. The summed E-state index contributed by atoms with van der Waals surface area (Å²) < 4.78 is 2.05. The zero-order valence-corrected chi connectivity index (χ0v) is 17.9. The van der Waals surface area contributed by atoms with Gasteiger partial charge >= 0.3 is 0 Å². The molecule has 156 valence electrons. The Morgan fingerprint density at radius 2 is 1.90 bits per heavy atom. The third kappa shape index (κ3) is 3.74. The van der Waals surface area contributed by atoms with Crippen LogP contribution in [0.1, 0.15) is 71.1 Å². The minimum Gasteiger partial charge on any atom is -0.364 e. The fourth-order valence-corrected chi connectivity index (χ4v) is 4.73. The summed E-state index contributed by atoms with van der Waals surface area (Å²) in [5.41, 5.74) is 8.99. The number of carbonyl (C=O) groups excluding carboxylic acids is 2. The van der Waals surface area contributed by atoms with Gasteiger partial charge in [-0.1, -0.05) is 56.0 Å². The number of primary amides is 1. The largest absolute Gasteiger partial charge is 0.364 e. The zero-order chi connectivity index (χ0) is 21.3. The van der Waals surface area contributed by atoms with Crippen LogP contribution < -0.4 is 5.73 Å². The molecule has 0 atom stereocenters. The number of rotatable bonds is 7. The lowest BCUT2D eigenvalue weighted by Crippen LogP contribution is -2.15. The second kappa shape index (κ2) is 8.60. The third-order valence-corrected chi connectivity index (χ3v) is 6.38. The van der Waals surface area contributed by atoms with Crippen LogP contribution in [-0.4, -0.2) is 21.2 Å². The van der Waals surface area contributed by atoms with Gasteiger partial charge in [0.2, 0.25) is 0 Å². The molecule has 0 unspecified atom stereocenters. The van der Waals surface area contributed by atoms with E-state index in [9.17, 15) is 9.59 Å². The van der Waals surface area contributed by atoms with Crippen molar-refractivity contribution in [3.8, 4) is 0 Å². The summed E-state index contributed by atoms with van der Waals surface area (Å²) in [7, 11) is 0. The monoisotopic (exact) mass is 423 g/mol. The fraction of sp³-hybridized carbons (Fsp3) is 0.375.